The number of nitrogens with zero attached hydrogens (tertiary/aromatic N) is 3. The molecule has 26 heavy (non-hydrogen) atoms. The number of pyridine rings is 1. The molecule has 0 spiro atoms. The number of thiazole rings is 1. The average molecular weight is 368 g/mol. The fourth-order valence-corrected chi connectivity index (χ4v) is 3.17. The number of aryl methyl sites for hydroxylation is 1. The van der Waals surface area contributed by atoms with Crippen LogP contribution in [0, 0.1) is 12.9 Å². The van der Waals surface area contributed by atoms with Gasteiger partial charge in [0.05, 0.1) is 0 Å². The summed E-state index contributed by atoms with van der Waals surface area (Å²) in [5.41, 5.74) is 3.37. The summed E-state index contributed by atoms with van der Waals surface area (Å²) in [7, 11) is 0. The molecule has 4 rings (SSSR count). The lowest BCUT2D eigenvalue weighted by molar-refractivity contribution is 0.0989. The molecule has 0 atom stereocenters. The molecule has 0 radical (unpaired) electrons. The third-order valence-corrected chi connectivity index (χ3v) is 4.46. The molecule has 0 amide bonds. The molecule has 130 valence electrons. The third-order valence-electron chi connectivity index (χ3n) is 3.70. The molecule has 0 saturated heterocycles. The van der Waals surface area contributed by atoms with E-state index >= 15 is 0 Å². The van der Waals surface area contributed by atoms with Crippen molar-refractivity contribution in [2.45, 2.75) is 13.3 Å². The summed E-state index contributed by atoms with van der Waals surface area (Å²) in [6.07, 6.45) is 1.39. The molecule has 0 aliphatic carbocycles. The van der Waals surface area contributed by atoms with Gasteiger partial charge in [-0.25, -0.2) is 9.97 Å². The van der Waals surface area contributed by atoms with Crippen molar-refractivity contribution in [3.8, 4) is 0 Å². The number of carbonyl (C=O) groups excluding carboxylic acids is 1. The highest BCUT2D eigenvalue weighted by Gasteiger charge is 2.14. The van der Waals surface area contributed by atoms with Gasteiger partial charge in [-0.2, -0.15) is 9.37 Å². The minimum atomic E-state index is -0.609. The van der Waals surface area contributed by atoms with Crippen LogP contribution in [0.25, 0.3) is 11.1 Å². The summed E-state index contributed by atoms with van der Waals surface area (Å²) in [5, 5.41) is 5.11. The molecule has 6 nitrogen and oxygen atoms in total. The standard InChI is InChI=1S/C18H13FN4O2S/c1-10-2-3-15-12(6-10)21-17(25-15)23-18-22-13(9-26-18)14(24)7-11-4-5-20-16(19)8-11/h2-6,8-9H,7H2,1H3,(H,21,22,23). The van der Waals surface area contributed by atoms with Crippen LogP contribution in [-0.2, 0) is 6.42 Å². The summed E-state index contributed by atoms with van der Waals surface area (Å²) < 4.78 is 18.7. The number of carbonyl (C=O) groups is 1. The fraction of sp³-hybridized carbons (Fsp3) is 0.111. The minimum absolute atomic E-state index is 0.0603. The first-order valence-corrected chi connectivity index (χ1v) is 8.68. The molecular formula is C18H13FN4O2S. The van der Waals surface area contributed by atoms with Gasteiger partial charge in [0, 0.05) is 18.0 Å². The fourth-order valence-electron chi connectivity index (χ4n) is 2.47. The van der Waals surface area contributed by atoms with E-state index in [2.05, 4.69) is 20.3 Å². The van der Waals surface area contributed by atoms with Crippen LogP contribution in [0.5, 0.6) is 0 Å². The van der Waals surface area contributed by atoms with Crippen LogP contribution in [-0.4, -0.2) is 20.7 Å². The lowest BCUT2D eigenvalue weighted by Crippen LogP contribution is -2.05. The van der Waals surface area contributed by atoms with Gasteiger partial charge >= 0.3 is 6.01 Å². The molecule has 1 aromatic carbocycles. The highest BCUT2D eigenvalue weighted by molar-refractivity contribution is 7.14. The summed E-state index contributed by atoms with van der Waals surface area (Å²) in [6, 6.07) is 8.88. The van der Waals surface area contributed by atoms with Crippen LogP contribution >= 0.6 is 11.3 Å². The molecule has 3 aromatic heterocycles. The number of hydrogen-bond acceptors (Lipinski definition) is 7. The van der Waals surface area contributed by atoms with E-state index in [0.29, 0.717) is 28.0 Å². The topological polar surface area (TPSA) is 80.9 Å². The Morgan fingerprint density at radius 3 is 3.00 bits per heavy atom. The number of Topliss-reactive ketones (excluding diaryl/α,β-unsaturated/α-hetero) is 1. The molecule has 0 saturated carbocycles. The first-order chi connectivity index (χ1) is 12.6. The van der Waals surface area contributed by atoms with E-state index in [9.17, 15) is 9.18 Å². The van der Waals surface area contributed by atoms with Gasteiger partial charge in [0.25, 0.3) is 0 Å². The first-order valence-electron chi connectivity index (χ1n) is 7.80. The van der Waals surface area contributed by atoms with Crippen molar-refractivity contribution in [1.82, 2.24) is 15.0 Å². The molecule has 0 unspecified atom stereocenters. The Morgan fingerprint density at radius 1 is 1.27 bits per heavy atom. The number of hydrogen-bond donors (Lipinski definition) is 1. The number of benzene rings is 1. The Bertz CT molecular complexity index is 1110. The van der Waals surface area contributed by atoms with Gasteiger partial charge < -0.3 is 4.42 Å². The van der Waals surface area contributed by atoms with Crippen molar-refractivity contribution in [1.29, 1.82) is 0 Å². The van der Waals surface area contributed by atoms with Crippen LogP contribution < -0.4 is 5.32 Å². The number of fused-ring (bicyclic) bond motifs is 1. The van der Waals surface area contributed by atoms with Crippen molar-refractivity contribution in [3.05, 3.63) is 64.7 Å². The monoisotopic (exact) mass is 368 g/mol. The number of anilines is 2. The second kappa shape index (κ2) is 6.64. The second-order valence-corrected chi connectivity index (χ2v) is 6.60. The van der Waals surface area contributed by atoms with E-state index in [1.807, 2.05) is 25.1 Å². The van der Waals surface area contributed by atoms with E-state index in [4.69, 9.17) is 4.42 Å². The first kappa shape index (κ1) is 16.3. The summed E-state index contributed by atoms with van der Waals surface area (Å²) >= 11 is 1.27. The van der Waals surface area contributed by atoms with Crippen LogP contribution in [0.3, 0.4) is 0 Å². The van der Waals surface area contributed by atoms with Crippen LogP contribution in [0.1, 0.15) is 21.6 Å². The lowest BCUT2D eigenvalue weighted by atomic mass is 10.1. The van der Waals surface area contributed by atoms with Gasteiger partial charge in [0.15, 0.2) is 16.5 Å². The number of rotatable bonds is 5. The van der Waals surface area contributed by atoms with E-state index in [0.717, 1.165) is 11.1 Å². The van der Waals surface area contributed by atoms with Gasteiger partial charge in [0.1, 0.15) is 11.2 Å². The maximum atomic E-state index is 13.1. The maximum Gasteiger partial charge on any atom is 0.302 e. The zero-order chi connectivity index (χ0) is 18.1. The predicted octanol–water partition coefficient (Wildman–Crippen LogP) is 4.30. The predicted molar refractivity (Wildman–Crippen MR) is 96.4 cm³/mol. The summed E-state index contributed by atoms with van der Waals surface area (Å²) in [6.45, 7) is 1.98. The van der Waals surface area contributed by atoms with E-state index in [1.165, 1.54) is 23.6 Å². The molecule has 0 aliphatic rings. The lowest BCUT2D eigenvalue weighted by Gasteiger charge is -1.98. The third kappa shape index (κ3) is 3.45. The molecule has 0 fully saturated rings. The highest BCUT2D eigenvalue weighted by atomic mass is 32.1. The van der Waals surface area contributed by atoms with Crippen LogP contribution in [0.2, 0.25) is 0 Å². The highest BCUT2D eigenvalue weighted by Crippen LogP contribution is 2.25. The van der Waals surface area contributed by atoms with E-state index in [1.54, 1.807) is 11.4 Å². The van der Waals surface area contributed by atoms with Crippen LogP contribution in [0.4, 0.5) is 15.5 Å². The second-order valence-electron chi connectivity index (χ2n) is 5.74. The number of oxazole rings is 1. The molecule has 3 heterocycles. The van der Waals surface area contributed by atoms with Crippen molar-refractivity contribution >= 4 is 39.4 Å². The number of halogens is 1. The largest absolute Gasteiger partial charge is 0.423 e. The number of aromatic nitrogens is 3. The molecule has 0 bridgehead atoms. The summed E-state index contributed by atoms with van der Waals surface area (Å²) in [5.74, 6) is -0.810. The van der Waals surface area contributed by atoms with Crippen molar-refractivity contribution in [3.63, 3.8) is 0 Å². The molecule has 1 N–H and O–H groups in total. The average Bonchev–Trinajstić information content (AvgIpc) is 3.21. The SMILES string of the molecule is Cc1ccc2oc(Nc3nc(C(=O)Cc4ccnc(F)c4)cs3)nc2c1. The van der Waals surface area contributed by atoms with E-state index in [-0.39, 0.29) is 12.2 Å². The number of ketones is 1. The molecule has 0 aliphatic heterocycles. The minimum Gasteiger partial charge on any atom is -0.423 e. The van der Waals surface area contributed by atoms with Gasteiger partial charge in [0.2, 0.25) is 5.95 Å². The molecule has 8 heteroatoms. The van der Waals surface area contributed by atoms with E-state index < -0.39 is 5.95 Å². The number of nitrogens with one attached hydrogen (secondary N) is 1. The Kier molecular flexibility index (Phi) is 4.18. The quantitative estimate of drug-likeness (QED) is 0.418. The van der Waals surface area contributed by atoms with Gasteiger partial charge in [-0.15, -0.1) is 11.3 Å². The normalized spacial score (nSPS) is 11.0. The molecular weight excluding hydrogens is 355 g/mol. The molecule has 4 aromatic rings. The zero-order valence-electron chi connectivity index (χ0n) is 13.7. The van der Waals surface area contributed by atoms with Gasteiger partial charge in [-0.05, 0) is 42.3 Å². The zero-order valence-corrected chi connectivity index (χ0v) is 14.5. The Morgan fingerprint density at radius 2 is 2.15 bits per heavy atom. The van der Waals surface area contributed by atoms with Gasteiger partial charge in [-0.3, -0.25) is 10.1 Å². The van der Waals surface area contributed by atoms with Crippen LogP contribution in [0.15, 0.2) is 46.3 Å². The Hall–Kier alpha value is -3.13. The van der Waals surface area contributed by atoms with Crippen molar-refractivity contribution in [2.24, 2.45) is 0 Å². The van der Waals surface area contributed by atoms with Gasteiger partial charge in [-0.1, -0.05) is 6.07 Å². The smallest absolute Gasteiger partial charge is 0.302 e. The Balaban J connectivity index is 1.49. The van der Waals surface area contributed by atoms with Crippen molar-refractivity contribution < 1.29 is 13.6 Å². The maximum absolute atomic E-state index is 13.1. The van der Waals surface area contributed by atoms with Crippen molar-refractivity contribution in [2.75, 3.05) is 5.32 Å². The Labute approximate surface area is 151 Å². The summed E-state index contributed by atoms with van der Waals surface area (Å²) in [4.78, 5) is 24.4.